The third-order valence-corrected chi connectivity index (χ3v) is 3.61. The Labute approximate surface area is 91.7 Å². The third-order valence-electron chi connectivity index (χ3n) is 3.61. The van der Waals surface area contributed by atoms with E-state index in [1.807, 2.05) is 6.20 Å². The van der Waals surface area contributed by atoms with Gasteiger partial charge in [-0.05, 0) is 25.2 Å². The van der Waals surface area contributed by atoms with Crippen LogP contribution in [-0.2, 0) is 6.54 Å². The SMILES string of the molecule is Cc1[nH]ncc1CNCC1(C)CCCC1. The van der Waals surface area contributed by atoms with E-state index < -0.39 is 0 Å². The quantitative estimate of drug-likeness (QED) is 0.796. The average molecular weight is 207 g/mol. The van der Waals surface area contributed by atoms with Crippen molar-refractivity contribution >= 4 is 0 Å². The molecule has 2 rings (SSSR count). The van der Waals surface area contributed by atoms with E-state index in [1.165, 1.54) is 36.9 Å². The lowest BCUT2D eigenvalue weighted by atomic mass is 9.89. The van der Waals surface area contributed by atoms with Crippen LogP contribution in [0.4, 0.5) is 0 Å². The van der Waals surface area contributed by atoms with E-state index in [-0.39, 0.29) is 0 Å². The molecule has 0 radical (unpaired) electrons. The minimum atomic E-state index is 0.539. The number of aryl methyl sites for hydroxylation is 1. The first-order valence-electron chi connectivity index (χ1n) is 5.89. The Kier molecular flexibility index (Phi) is 3.10. The van der Waals surface area contributed by atoms with E-state index in [1.54, 1.807) is 0 Å². The predicted molar refractivity (Wildman–Crippen MR) is 61.6 cm³/mol. The molecule has 15 heavy (non-hydrogen) atoms. The molecule has 0 bridgehead atoms. The predicted octanol–water partition coefficient (Wildman–Crippen LogP) is 2.39. The highest BCUT2D eigenvalue weighted by atomic mass is 15.1. The van der Waals surface area contributed by atoms with Crippen LogP contribution in [0.25, 0.3) is 0 Å². The van der Waals surface area contributed by atoms with E-state index in [0.717, 1.165) is 13.1 Å². The number of rotatable bonds is 4. The molecule has 2 N–H and O–H groups in total. The highest BCUT2D eigenvalue weighted by molar-refractivity contribution is 5.13. The lowest BCUT2D eigenvalue weighted by molar-refractivity contribution is 0.314. The minimum absolute atomic E-state index is 0.539. The summed E-state index contributed by atoms with van der Waals surface area (Å²) in [6, 6.07) is 0. The largest absolute Gasteiger partial charge is 0.312 e. The molecule has 1 aromatic rings. The van der Waals surface area contributed by atoms with Crippen molar-refractivity contribution in [2.24, 2.45) is 5.41 Å². The number of hydrogen-bond donors (Lipinski definition) is 2. The lowest BCUT2D eigenvalue weighted by Gasteiger charge is -2.23. The van der Waals surface area contributed by atoms with Crippen LogP contribution >= 0.6 is 0 Å². The molecule has 1 fully saturated rings. The van der Waals surface area contributed by atoms with Crippen LogP contribution in [0.5, 0.6) is 0 Å². The number of aromatic amines is 1. The molecule has 1 aromatic heterocycles. The summed E-state index contributed by atoms with van der Waals surface area (Å²) in [5, 5.41) is 10.5. The number of H-pyrrole nitrogens is 1. The second-order valence-corrected chi connectivity index (χ2v) is 5.14. The lowest BCUT2D eigenvalue weighted by Crippen LogP contribution is -2.29. The fourth-order valence-corrected chi connectivity index (χ4v) is 2.46. The zero-order valence-corrected chi connectivity index (χ0v) is 9.77. The van der Waals surface area contributed by atoms with Gasteiger partial charge in [0, 0.05) is 24.3 Å². The van der Waals surface area contributed by atoms with E-state index in [0.29, 0.717) is 5.41 Å². The highest BCUT2D eigenvalue weighted by Crippen LogP contribution is 2.36. The van der Waals surface area contributed by atoms with E-state index in [4.69, 9.17) is 0 Å². The summed E-state index contributed by atoms with van der Waals surface area (Å²) >= 11 is 0. The van der Waals surface area contributed by atoms with Crippen LogP contribution in [-0.4, -0.2) is 16.7 Å². The molecule has 1 aliphatic rings. The van der Waals surface area contributed by atoms with Gasteiger partial charge >= 0.3 is 0 Å². The summed E-state index contributed by atoms with van der Waals surface area (Å²) in [4.78, 5) is 0. The molecule has 0 aliphatic heterocycles. The first kappa shape index (κ1) is 10.7. The zero-order chi connectivity index (χ0) is 10.7. The molecule has 0 unspecified atom stereocenters. The van der Waals surface area contributed by atoms with Gasteiger partial charge in [-0.2, -0.15) is 5.10 Å². The first-order chi connectivity index (χ1) is 7.20. The maximum atomic E-state index is 4.02. The fraction of sp³-hybridized carbons (Fsp3) is 0.750. The fourth-order valence-electron chi connectivity index (χ4n) is 2.46. The third kappa shape index (κ3) is 2.59. The summed E-state index contributed by atoms with van der Waals surface area (Å²) in [5.74, 6) is 0. The van der Waals surface area contributed by atoms with Crippen molar-refractivity contribution < 1.29 is 0 Å². The van der Waals surface area contributed by atoms with Crippen molar-refractivity contribution in [1.29, 1.82) is 0 Å². The van der Waals surface area contributed by atoms with Crippen LogP contribution in [0.1, 0.15) is 43.9 Å². The first-order valence-corrected chi connectivity index (χ1v) is 5.89. The van der Waals surface area contributed by atoms with Crippen molar-refractivity contribution in [3.05, 3.63) is 17.5 Å². The number of hydrogen-bond acceptors (Lipinski definition) is 2. The molecule has 0 atom stereocenters. The van der Waals surface area contributed by atoms with Crippen LogP contribution in [0, 0.1) is 12.3 Å². The molecule has 1 heterocycles. The van der Waals surface area contributed by atoms with Gasteiger partial charge in [-0.3, -0.25) is 5.10 Å². The monoisotopic (exact) mass is 207 g/mol. The van der Waals surface area contributed by atoms with Crippen LogP contribution < -0.4 is 5.32 Å². The molecule has 84 valence electrons. The normalized spacial score (nSPS) is 19.6. The van der Waals surface area contributed by atoms with Gasteiger partial charge in [-0.1, -0.05) is 19.8 Å². The number of aromatic nitrogens is 2. The summed E-state index contributed by atoms with van der Waals surface area (Å²) in [6.45, 7) is 6.55. The standard InChI is InChI=1S/C12H21N3/c1-10-11(8-14-15-10)7-13-9-12(2)5-3-4-6-12/h8,13H,3-7,9H2,1-2H3,(H,14,15). The molecule has 0 saturated heterocycles. The van der Waals surface area contributed by atoms with Crippen molar-refractivity contribution in [3.63, 3.8) is 0 Å². The van der Waals surface area contributed by atoms with Crippen molar-refractivity contribution in [2.75, 3.05) is 6.54 Å². The molecule has 1 saturated carbocycles. The Hall–Kier alpha value is -0.830. The Morgan fingerprint density at radius 3 is 2.80 bits per heavy atom. The maximum absolute atomic E-state index is 4.02. The van der Waals surface area contributed by atoms with Gasteiger partial charge < -0.3 is 5.32 Å². The average Bonchev–Trinajstić information content (AvgIpc) is 2.78. The molecular formula is C12H21N3. The van der Waals surface area contributed by atoms with Crippen molar-refractivity contribution in [3.8, 4) is 0 Å². The highest BCUT2D eigenvalue weighted by Gasteiger charge is 2.27. The molecule has 0 spiro atoms. The Morgan fingerprint density at radius 2 is 2.20 bits per heavy atom. The Bertz CT molecular complexity index is 310. The van der Waals surface area contributed by atoms with Crippen LogP contribution in [0.2, 0.25) is 0 Å². The van der Waals surface area contributed by atoms with Gasteiger partial charge in [0.15, 0.2) is 0 Å². The van der Waals surface area contributed by atoms with Gasteiger partial charge in [-0.15, -0.1) is 0 Å². The minimum Gasteiger partial charge on any atom is -0.312 e. The molecular weight excluding hydrogens is 186 g/mol. The second kappa shape index (κ2) is 4.35. The molecule has 0 amide bonds. The van der Waals surface area contributed by atoms with Gasteiger partial charge in [0.05, 0.1) is 6.20 Å². The summed E-state index contributed by atoms with van der Waals surface area (Å²) < 4.78 is 0. The maximum Gasteiger partial charge on any atom is 0.0535 e. The van der Waals surface area contributed by atoms with Crippen molar-refractivity contribution in [1.82, 2.24) is 15.5 Å². The van der Waals surface area contributed by atoms with E-state index >= 15 is 0 Å². The Balaban J connectivity index is 1.77. The topological polar surface area (TPSA) is 40.7 Å². The second-order valence-electron chi connectivity index (χ2n) is 5.14. The summed E-state index contributed by atoms with van der Waals surface area (Å²) in [7, 11) is 0. The van der Waals surface area contributed by atoms with Crippen LogP contribution in [0.3, 0.4) is 0 Å². The van der Waals surface area contributed by atoms with Gasteiger partial charge in [0.2, 0.25) is 0 Å². The Morgan fingerprint density at radius 1 is 1.47 bits per heavy atom. The van der Waals surface area contributed by atoms with E-state index in [9.17, 15) is 0 Å². The molecule has 0 aromatic carbocycles. The summed E-state index contributed by atoms with van der Waals surface area (Å²) in [6.07, 6.45) is 7.49. The molecule has 1 aliphatic carbocycles. The zero-order valence-electron chi connectivity index (χ0n) is 9.77. The van der Waals surface area contributed by atoms with Gasteiger partial charge in [0.1, 0.15) is 0 Å². The number of nitrogens with one attached hydrogen (secondary N) is 2. The summed E-state index contributed by atoms with van der Waals surface area (Å²) in [5.41, 5.74) is 3.01. The van der Waals surface area contributed by atoms with Crippen molar-refractivity contribution in [2.45, 2.75) is 46.1 Å². The van der Waals surface area contributed by atoms with Gasteiger partial charge in [-0.25, -0.2) is 0 Å². The number of nitrogens with zero attached hydrogens (tertiary/aromatic N) is 1. The molecule has 3 nitrogen and oxygen atoms in total. The molecule has 3 heteroatoms. The van der Waals surface area contributed by atoms with Crippen LogP contribution in [0.15, 0.2) is 6.20 Å². The van der Waals surface area contributed by atoms with E-state index in [2.05, 4.69) is 29.4 Å². The van der Waals surface area contributed by atoms with Gasteiger partial charge in [0.25, 0.3) is 0 Å². The smallest absolute Gasteiger partial charge is 0.0535 e.